The molecule has 1 aromatic rings. The molecule has 0 amide bonds. The molecule has 3 fully saturated rings. The summed E-state index contributed by atoms with van der Waals surface area (Å²) in [4.78, 5) is 2.58. The SMILES string of the molecule is Cc1cn(C2[C@H]3CN(C4COC4)C[C@@H]23)nn1. The highest BCUT2D eigenvalue weighted by Crippen LogP contribution is 2.55. The van der Waals surface area contributed by atoms with Gasteiger partial charge in [-0.2, -0.15) is 0 Å². The molecule has 3 atom stereocenters. The highest BCUT2D eigenvalue weighted by Gasteiger charge is 2.58. The zero-order valence-corrected chi connectivity index (χ0v) is 9.41. The van der Waals surface area contributed by atoms with Crippen molar-refractivity contribution in [3.05, 3.63) is 11.9 Å². The van der Waals surface area contributed by atoms with Crippen LogP contribution in [-0.2, 0) is 4.74 Å². The molecule has 2 aliphatic heterocycles. The Morgan fingerprint density at radius 3 is 2.56 bits per heavy atom. The molecule has 0 N–H and O–H groups in total. The normalized spacial score (nSPS) is 38.4. The van der Waals surface area contributed by atoms with E-state index in [1.807, 2.05) is 6.92 Å². The first-order valence-corrected chi connectivity index (χ1v) is 6.03. The average molecular weight is 220 g/mol. The average Bonchev–Trinajstić information content (AvgIpc) is 2.61. The minimum absolute atomic E-state index is 0.624. The van der Waals surface area contributed by atoms with Crippen molar-refractivity contribution in [2.45, 2.75) is 19.0 Å². The van der Waals surface area contributed by atoms with E-state index in [0.717, 1.165) is 30.7 Å². The second kappa shape index (κ2) is 3.05. The number of ether oxygens (including phenoxy) is 1. The smallest absolute Gasteiger partial charge is 0.0796 e. The Kier molecular flexibility index (Phi) is 1.74. The zero-order chi connectivity index (χ0) is 10.7. The molecule has 3 heterocycles. The summed E-state index contributed by atoms with van der Waals surface area (Å²) >= 11 is 0. The molecular weight excluding hydrogens is 204 g/mol. The van der Waals surface area contributed by atoms with E-state index in [-0.39, 0.29) is 0 Å². The van der Waals surface area contributed by atoms with Gasteiger partial charge in [-0.05, 0) is 6.92 Å². The van der Waals surface area contributed by atoms with Gasteiger partial charge < -0.3 is 4.74 Å². The van der Waals surface area contributed by atoms with Gasteiger partial charge in [-0.1, -0.05) is 5.21 Å². The van der Waals surface area contributed by atoms with E-state index in [4.69, 9.17) is 4.74 Å². The number of rotatable bonds is 2. The van der Waals surface area contributed by atoms with E-state index < -0.39 is 0 Å². The van der Waals surface area contributed by atoms with Crippen LogP contribution in [0.5, 0.6) is 0 Å². The molecule has 16 heavy (non-hydrogen) atoms. The molecule has 0 spiro atoms. The Bertz CT molecular complexity index is 402. The molecule has 0 radical (unpaired) electrons. The maximum Gasteiger partial charge on any atom is 0.0796 e. The number of likely N-dealkylation sites (tertiary alicyclic amines) is 1. The maximum atomic E-state index is 5.24. The predicted octanol–water partition coefficient (Wildman–Crippen LogP) is 0.0880. The Morgan fingerprint density at radius 1 is 1.31 bits per heavy atom. The summed E-state index contributed by atoms with van der Waals surface area (Å²) < 4.78 is 7.31. The molecule has 0 bridgehead atoms. The topological polar surface area (TPSA) is 43.2 Å². The van der Waals surface area contributed by atoms with Crippen LogP contribution < -0.4 is 0 Å². The summed E-state index contributed by atoms with van der Waals surface area (Å²) in [5.41, 5.74) is 1.02. The quantitative estimate of drug-likeness (QED) is 0.708. The van der Waals surface area contributed by atoms with E-state index in [9.17, 15) is 0 Å². The number of nitrogens with zero attached hydrogens (tertiary/aromatic N) is 4. The van der Waals surface area contributed by atoms with E-state index in [0.29, 0.717) is 12.1 Å². The molecule has 1 saturated carbocycles. The fourth-order valence-corrected chi connectivity index (χ4v) is 3.16. The largest absolute Gasteiger partial charge is 0.378 e. The summed E-state index contributed by atoms with van der Waals surface area (Å²) in [7, 11) is 0. The van der Waals surface area contributed by atoms with Crippen LogP contribution in [0.3, 0.4) is 0 Å². The van der Waals surface area contributed by atoms with Crippen molar-refractivity contribution in [3.8, 4) is 0 Å². The zero-order valence-electron chi connectivity index (χ0n) is 9.41. The lowest BCUT2D eigenvalue weighted by atomic mass is 10.2. The van der Waals surface area contributed by atoms with Crippen molar-refractivity contribution in [2.24, 2.45) is 11.8 Å². The molecule has 1 aliphatic carbocycles. The fraction of sp³-hybridized carbons (Fsp3) is 0.818. The first-order chi connectivity index (χ1) is 7.83. The van der Waals surface area contributed by atoms with Gasteiger partial charge in [-0.25, -0.2) is 4.68 Å². The second-order valence-corrected chi connectivity index (χ2v) is 5.30. The third-order valence-corrected chi connectivity index (χ3v) is 4.24. The van der Waals surface area contributed by atoms with Gasteiger partial charge in [0.15, 0.2) is 0 Å². The van der Waals surface area contributed by atoms with Gasteiger partial charge in [-0.3, -0.25) is 4.90 Å². The summed E-state index contributed by atoms with van der Waals surface area (Å²) in [5, 5.41) is 8.25. The van der Waals surface area contributed by atoms with E-state index >= 15 is 0 Å². The van der Waals surface area contributed by atoms with Gasteiger partial charge in [0.2, 0.25) is 0 Å². The van der Waals surface area contributed by atoms with Crippen LogP contribution in [-0.4, -0.2) is 52.2 Å². The standard InChI is InChI=1S/C11H16N4O/c1-7-2-15(13-12-7)11-9-3-14(4-10(9)11)8-5-16-6-8/h2,8-11H,3-6H2,1H3/t9-,10+,11?. The summed E-state index contributed by atoms with van der Waals surface area (Å²) in [6.45, 7) is 6.32. The van der Waals surface area contributed by atoms with Gasteiger partial charge in [0.05, 0.1) is 31.0 Å². The first kappa shape index (κ1) is 9.13. The first-order valence-electron chi connectivity index (χ1n) is 6.03. The second-order valence-electron chi connectivity index (χ2n) is 5.30. The fourth-order valence-electron chi connectivity index (χ4n) is 3.16. The number of aromatic nitrogens is 3. The van der Waals surface area contributed by atoms with E-state index in [1.165, 1.54) is 13.1 Å². The molecule has 86 valence electrons. The van der Waals surface area contributed by atoms with Crippen molar-refractivity contribution >= 4 is 0 Å². The number of hydrogen-bond acceptors (Lipinski definition) is 4. The third kappa shape index (κ3) is 1.18. The van der Waals surface area contributed by atoms with E-state index in [1.54, 1.807) is 0 Å². The van der Waals surface area contributed by atoms with Gasteiger partial charge in [0.1, 0.15) is 0 Å². The molecule has 5 nitrogen and oxygen atoms in total. The highest BCUT2D eigenvalue weighted by molar-refractivity contribution is 5.10. The van der Waals surface area contributed by atoms with Crippen LogP contribution in [0.15, 0.2) is 6.20 Å². The molecule has 1 aromatic heterocycles. The van der Waals surface area contributed by atoms with Crippen LogP contribution in [0.1, 0.15) is 11.7 Å². The van der Waals surface area contributed by atoms with Crippen molar-refractivity contribution in [2.75, 3.05) is 26.3 Å². The molecular formula is C11H16N4O. The predicted molar refractivity (Wildman–Crippen MR) is 57.0 cm³/mol. The lowest BCUT2D eigenvalue weighted by Gasteiger charge is -2.35. The van der Waals surface area contributed by atoms with Crippen molar-refractivity contribution in [1.29, 1.82) is 0 Å². The minimum atomic E-state index is 0.624. The number of hydrogen-bond donors (Lipinski definition) is 0. The number of fused-ring (bicyclic) bond motifs is 1. The number of piperidine rings is 1. The van der Waals surface area contributed by atoms with Crippen LogP contribution in [0.4, 0.5) is 0 Å². The highest BCUT2D eigenvalue weighted by atomic mass is 16.5. The van der Waals surface area contributed by atoms with Crippen LogP contribution in [0, 0.1) is 18.8 Å². The Labute approximate surface area is 94.4 Å². The van der Waals surface area contributed by atoms with Crippen molar-refractivity contribution in [1.82, 2.24) is 19.9 Å². The van der Waals surface area contributed by atoms with Crippen molar-refractivity contribution < 1.29 is 4.74 Å². The van der Waals surface area contributed by atoms with Gasteiger partial charge in [0.25, 0.3) is 0 Å². The van der Waals surface area contributed by atoms with Gasteiger partial charge in [0, 0.05) is 31.1 Å². The molecule has 1 unspecified atom stereocenters. The monoisotopic (exact) mass is 220 g/mol. The Balaban J connectivity index is 1.43. The summed E-state index contributed by atoms with van der Waals surface area (Å²) in [5.74, 6) is 1.61. The summed E-state index contributed by atoms with van der Waals surface area (Å²) in [6, 6.07) is 1.32. The minimum Gasteiger partial charge on any atom is -0.378 e. The Hall–Kier alpha value is -0.940. The molecule has 3 aliphatic rings. The molecule has 4 rings (SSSR count). The molecule has 2 saturated heterocycles. The molecule has 0 aromatic carbocycles. The van der Waals surface area contributed by atoms with Crippen molar-refractivity contribution in [3.63, 3.8) is 0 Å². The third-order valence-electron chi connectivity index (χ3n) is 4.24. The Morgan fingerprint density at radius 2 is 2.06 bits per heavy atom. The van der Waals surface area contributed by atoms with E-state index in [2.05, 4.69) is 26.1 Å². The van der Waals surface area contributed by atoms with Crippen LogP contribution >= 0.6 is 0 Å². The lowest BCUT2D eigenvalue weighted by molar-refractivity contribution is -0.0617. The van der Waals surface area contributed by atoms with Gasteiger partial charge in [-0.15, -0.1) is 5.10 Å². The summed E-state index contributed by atoms with van der Waals surface area (Å²) in [6.07, 6.45) is 2.07. The molecule has 5 heteroatoms. The maximum absolute atomic E-state index is 5.24. The number of aryl methyl sites for hydroxylation is 1. The van der Waals surface area contributed by atoms with Gasteiger partial charge >= 0.3 is 0 Å². The van der Waals surface area contributed by atoms with Crippen LogP contribution in [0.2, 0.25) is 0 Å². The lowest BCUT2D eigenvalue weighted by Crippen LogP contribution is -2.49. The van der Waals surface area contributed by atoms with Crippen LogP contribution in [0.25, 0.3) is 0 Å².